The van der Waals surface area contributed by atoms with Gasteiger partial charge in [-0.25, -0.2) is 0 Å². The molecular formula is C22H24N4O. The molecule has 0 amide bonds. The van der Waals surface area contributed by atoms with E-state index in [2.05, 4.69) is 51.6 Å². The number of aromatic nitrogens is 1. The number of anilines is 2. The number of hydrogen-bond acceptors (Lipinski definition) is 5. The standard InChI is InChI=1S/C22H24N4O/c1-25(2)22-18(15-27)14-24-21-7-6-17(13-20(21)22)16-4-3-5-19(12-16)26-10-8-23-9-11-26/h3-7,12-15,23H,8-11H2,1-2H3. The molecule has 1 aromatic heterocycles. The van der Waals surface area contributed by atoms with Crippen molar-refractivity contribution >= 4 is 28.6 Å². The van der Waals surface area contributed by atoms with E-state index < -0.39 is 0 Å². The van der Waals surface area contributed by atoms with Crippen LogP contribution in [0.1, 0.15) is 10.4 Å². The SMILES string of the molecule is CN(C)c1c(C=O)cnc2ccc(-c3cccc(N4CCNCC4)c3)cc12. The summed E-state index contributed by atoms with van der Waals surface area (Å²) in [5.74, 6) is 0. The van der Waals surface area contributed by atoms with Crippen molar-refractivity contribution in [3.8, 4) is 11.1 Å². The average Bonchev–Trinajstić information content (AvgIpc) is 2.73. The summed E-state index contributed by atoms with van der Waals surface area (Å²) in [4.78, 5) is 20.3. The van der Waals surface area contributed by atoms with Gasteiger partial charge in [0.2, 0.25) is 0 Å². The van der Waals surface area contributed by atoms with Crippen LogP contribution in [0.4, 0.5) is 11.4 Å². The van der Waals surface area contributed by atoms with Gasteiger partial charge in [0.1, 0.15) is 0 Å². The average molecular weight is 360 g/mol. The fourth-order valence-electron chi connectivity index (χ4n) is 3.76. The quantitative estimate of drug-likeness (QED) is 0.724. The van der Waals surface area contributed by atoms with Crippen LogP contribution in [0.25, 0.3) is 22.0 Å². The molecule has 0 bridgehead atoms. The minimum atomic E-state index is 0.610. The molecule has 3 aromatic rings. The first-order chi connectivity index (χ1) is 13.2. The third kappa shape index (κ3) is 3.38. The molecule has 1 fully saturated rings. The Hall–Kier alpha value is -2.92. The zero-order valence-corrected chi connectivity index (χ0v) is 15.8. The zero-order chi connectivity index (χ0) is 18.8. The van der Waals surface area contributed by atoms with Gasteiger partial charge >= 0.3 is 0 Å². The lowest BCUT2D eigenvalue weighted by Gasteiger charge is -2.29. The lowest BCUT2D eigenvalue weighted by molar-refractivity contribution is 0.112. The fourth-order valence-corrected chi connectivity index (χ4v) is 3.76. The maximum Gasteiger partial charge on any atom is 0.153 e. The Balaban J connectivity index is 1.80. The molecule has 1 aliphatic heterocycles. The van der Waals surface area contributed by atoms with Gasteiger partial charge in [0.15, 0.2) is 6.29 Å². The third-order valence-electron chi connectivity index (χ3n) is 5.10. The first kappa shape index (κ1) is 17.5. The smallest absolute Gasteiger partial charge is 0.153 e. The number of nitrogens with one attached hydrogen (secondary N) is 1. The molecule has 2 aromatic carbocycles. The fraction of sp³-hybridized carbons (Fsp3) is 0.273. The molecule has 0 spiro atoms. The third-order valence-corrected chi connectivity index (χ3v) is 5.10. The van der Waals surface area contributed by atoms with Crippen LogP contribution in [0.15, 0.2) is 48.7 Å². The Morgan fingerprint density at radius 3 is 2.59 bits per heavy atom. The van der Waals surface area contributed by atoms with Gasteiger partial charge < -0.3 is 15.1 Å². The number of nitrogens with zero attached hydrogens (tertiary/aromatic N) is 3. The Morgan fingerprint density at radius 1 is 1.07 bits per heavy atom. The topological polar surface area (TPSA) is 48.5 Å². The number of hydrogen-bond donors (Lipinski definition) is 1. The maximum atomic E-state index is 11.5. The van der Waals surface area contributed by atoms with Crippen LogP contribution in [0.5, 0.6) is 0 Å². The summed E-state index contributed by atoms with van der Waals surface area (Å²) in [6.45, 7) is 4.09. The number of piperazine rings is 1. The van der Waals surface area contributed by atoms with Crippen LogP contribution in [0, 0.1) is 0 Å². The minimum Gasteiger partial charge on any atom is -0.376 e. The lowest BCUT2D eigenvalue weighted by Crippen LogP contribution is -2.43. The van der Waals surface area contributed by atoms with E-state index in [-0.39, 0.29) is 0 Å². The number of aldehydes is 1. The summed E-state index contributed by atoms with van der Waals surface area (Å²) >= 11 is 0. The molecular weight excluding hydrogens is 336 g/mol. The van der Waals surface area contributed by atoms with E-state index in [1.165, 1.54) is 11.3 Å². The zero-order valence-electron chi connectivity index (χ0n) is 15.8. The number of carbonyl (C=O) groups is 1. The lowest BCUT2D eigenvalue weighted by atomic mass is 10.0. The molecule has 138 valence electrons. The van der Waals surface area contributed by atoms with Crippen molar-refractivity contribution in [1.82, 2.24) is 10.3 Å². The Labute approximate surface area is 159 Å². The van der Waals surface area contributed by atoms with Crippen LogP contribution in [0.3, 0.4) is 0 Å². The highest BCUT2D eigenvalue weighted by atomic mass is 16.1. The van der Waals surface area contributed by atoms with Crippen molar-refractivity contribution in [3.05, 3.63) is 54.2 Å². The van der Waals surface area contributed by atoms with Gasteiger partial charge in [-0.3, -0.25) is 9.78 Å². The molecule has 0 radical (unpaired) electrons. The molecule has 2 heterocycles. The van der Waals surface area contributed by atoms with Crippen molar-refractivity contribution < 1.29 is 4.79 Å². The second kappa shape index (κ2) is 7.37. The van der Waals surface area contributed by atoms with Crippen molar-refractivity contribution in [3.63, 3.8) is 0 Å². The summed E-state index contributed by atoms with van der Waals surface area (Å²) in [6, 6.07) is 15.0. The van der Waals surface area contributed by atoms with Crippen LogP contribution >= 0.6 is 0 Å². The predicted octanol–water partition coefficient (Wildman–Crippen LogP) is 3.19. The molecule has 0 aliphatic carbocycles. The monoisotopic (exact) mass is 360 g/mol. The molecule has 5 heteroatoms. The van der Waals surface area contributed by atoms with E-state index in [1.54, 1.807) is 6.20 Å². The molecule has 27 heavy (non-hydrogen) atoms. The van der Waals surface area contributed by atoms with Crippen LogP contribution in [-0.4, -0.2) is 51.5 Å². The molecule has 0 saturated carbocycles. The normalized spacial score (nSPS) is 14.4. The van der Waals surface area contributed by atoms with E-state index in [9.17, 15) is 4.79 Å². The summed E-state index contributed by atoms with van der Waals surface area (Å²) < 4.78 is 0. The van der Waals surface area contributed by atoms with E-state index in [1.807, 2.05) is 25.1 Å². The van der Waals surface area contributed by atoms with Crippen LogP contribution < -0.4 is 15.1 Å². The van der Waals surface area contributed by atoms with Gasteiger partial charge in [0.25, 0.3) is 0 Å². The first-order valence-corrected chi connectivity index (χ1v) is 9.29. The van der Waals surface area contributed by atoms with Crippen molar-refractivity contribution in [1.29, 1.82) is 0 Å². The van der Waals surface area contributed by atoms with Gasteiger partial charge in [0, 0.05) is 57.5 Å². The number of fused-ring (bicyclic) bond motifs is 1. The highest BCUT2D eigenvalue weighted by Gasteiger charge is 2.13. The Bertz CT molecular complexity index is 977. The van der Waals surface area contributed by atoms with Gasteiger partial charge in [0.05, 0.1) is 16.8 Å². The maximum absolute atomic E-state index is 11.5. The summed E-state index contributed by atoms with van der Waals surface area (Å²) in [7, 11) is 3.92. The minimum absolute atomic E-state index is 0.610. The van der Waals surface area contributed by atoms with E-state index in [0.717, 1.165) is 54.6 Å². The molecule has 0 unspecified atom stereocenters. The van der Waals surface area contributed by atoms with Gasteiger partial charge in [-0.2, -0.15) is 0 Å². The second-order valence-corrected chi connectivity index (χ2v) is 7.09. The summed E-state index contributed by atoms with van der Waals surface area (Å²) in [6.07, 6.45) is 2.52. The summed E-state index contributed by atoms with van der Waals surface area (Å²) in [5.41, 5.74) is 5.98. The van der Waals surface area contributed by atoms with Crippen LogP contribution in [0.2, 0.25) is 0 Å². The molecule has 1 aliphatic rings. The van der Waals surface area contributed by atoms with Gasteiger partial charge in [-0.05, 0) is 35.4 Å². The van der Waals surface area contributed by atoms with Gasteiger partial charge in [-0.15, -0.1) is 0 Å². The van der Waals surface area contributed by atoms with Crippen LogP contribution in [-0.2, 0) is 0 Å². The van der Waals surface area contributed by atoms with Gasteiger partial charge in [-0.1, -0.05) is 18.2 Å². The largest absolute Gasteiger partial charge is 0.376 e. The Kier molecular flexibility index (Phi) is 4.77. The molecule has 1 N–H and O–H groups in total. The van der Waals surface area contributed by atoms with E-state index in [4.69, 9.17) is 0 Å². The number of pyridine rings is 1. The highest BCUT2D eigenvalue weighted by Crippen LogP contribution is 2.32. The predicted molar refractivity (Wildman–Crippen MR) is 112 cm³/mol. The molecule has 4 rings (SSSR count). The Morgan fingerprint density at radius 2 is 1.85 bits per heavy atom. The van der Waals surface area contributed by atoms with Crippen molar-refractivity contribution in [2.75, 3.05) is 50.1 Å². The molecule has 1 saturated heterocycles. The first-order valence-electron chi connectivity index (χ1n) is 9.29. The van der Waals surface area contributed by atoms with E-state index in [0.29, 0.717) is 5.56 Å². The second-order valence-electron chi connectivity index (χ2n) is 7.09. The van der Waals surface area contributed by atoms with Crippen molar-refractivity contribution in [2.45, 2.75) is 0 Å². The van der Waals surface area contributed by atoms with Crippen molar-refractivity contribution in [2.24, 2.45) is 0 Å². The molecule has 0 atom stereocenters. The number of rotatable bonds is 4. The summed E-state index contributed by atoms with van der Waals surface area (Å²) in [5, 5.41) is 4.39. The number of benzene rings is 2. The molecule has 5 nitrogen and oxygen atoms in total. The highest BCUT2D eigenvalue weighted by molar-refractivity contribution is 6.02. The number of carbonyl (C=O) groups excluding carboxylic acids is 1. The van der Waals surface area contributed by atoms with E-state index >= 15 is 0 Å².